The first-order valence-electron chi connectivity index (χ1n) is 11.4. The van der Waals surface area contributed by atoms with Crippen molar-refractivity contribution < 1.29 is 9.53 Å². The zero-order valence-electron chi connectivity index (χ0n) is 19.4. The van der Waals surface area contributed by atoms with Crippen LogP contribution in [0.1, 0.15) is 18.1 Å². The Balaban J connectivity index is 1.53. The van der Waals surface area contributed by atoms with Crippen molar-refractivity contribution in [2.75, 3.05) is 6.61 Å². The van der Waals surface area contributed by atoms with Crippen LogP contribution in [0.2, 0.25) is 5.02 Å². The molecule has 0 N–H and O–H groups in total. The van der Waals surface area contributed by atoms with Crippen molar-refractivity contribution in [1.82, 2.24) is 14.7 Å². The summed E-state index contributed by atoms with van der Waals surface area (Å²) in [7, 11) is 0. The van der Waals surface area contributed by atoms with Gasteiger partial charge in [-0.25, -0.2) is 4.68 Å². The van der Waals surface area contributed by atoms with E-state index in [-0.39, 0.29) is 5.91 Å². The summed E-state index contributed by atoms with van der Waals surface area (Å²) in [5.74, 6) is 0.505. The topological polar surface area (TPSA) is 47.4 Å². The lowest BCUT2D eigenvalue weighted by Crippen LogP contribution is -2.27. The normalized spacial score (nSPS) is 14.6. The molecular formula is C28H22ClN3O2S2. The molecular weight excluding hydrogens is 510 g/mol. The number of carbonyl (C=O) groups is 1. The first-order chi connectivity index (χ1) is 17.5. The highest BCUT2D eigenvalue weighted by Crippen LogP contribution is 2.37. The van der Waals surface area contributed by atoms with E-state index in [4.69, 9.17) is 33.7 Å². The fourth-order valence-electron chi connectivity index (χ4n) is 3.89. The maximum atomic E-state index is 13.3. The molecule has 1 aromatic heterocycles. The molecule has 1 saturated heterocycles. The van der Waals surface area contributed by atoms with Crippen molar-refractivity contribution in [2.45, 2.75) is 13.5 Å². The van der Waals surface area contributed by atoms with Crippen LogP contribution >= 0.6 is 35.6 Å². The van der Waals surface area contributed by atoms with E-state index in [1.54, 1.807) is 9.58 Å². The Kier molecular flexibility index (Phi) is 7.23. The van der Waals surface area contributed by atoms with Crippen LogP contribution in [0.4, 0.5) is 0 Å². The smallest absolute Gasteiger partial charge is 0.266 e. The lowest BCUT2D eigenvalue weighted by molar-refractivity contribution is -0.122. The third-order valence-corrected chi connectivity index (χ3v) is 7.29. The molecule has 2 heterocycles. The van der Waals surface area contributed by atoms with Crippen molar-refractivity contribution in [1.29, 1.82) is 0 Å². The molecule has 0 saturated carbocycles. The predicted octanol–water partition coefficient (Wildman–Crippen LogP) is 6.99. The molecule has 8 heteroatoms. The van der Waals surface area contributed by atoms with Gasteiger partial charge in [0.25, 0.3) is 5.91 Å². The third kappa shape index (κ3) is 5.09. The second-order valence-corrected chi connectivity index (χ2v) is 10.1. The molecule has 1 aliphatic heterocycles. The Morgan fingerprint density at radius 3 is 2.47 bits per heavy atom. The largest absolute Gasteiger partial charge is 0.492 e. The van der Waals surface area contributed by atoms with Crippen molar-refractivity contribution >= 4 is 51.9 Å². The number of thiocarbonyl (C=S) groups is 1. The average Bonchev–Trinajstić information content (AvgIpc) is 3.43. The van der Waals surface area contributed by atoms with Gasteiger partial charge in [0, 0.05) is 17.3 Å². The zero-order chi connectivity index (χ0) is 25.1. The van der Waals surface area contributed by atoms with Gasteiger partial charge >= 0.3 is 0 Å². The second-order valence-electron chi connectivity index (χ2n) is 8.04. The standard InChI is InChI=1S/C28H22ClN3O2S2/c1-2-34-24-14-13-20(15-23(24)29)26-21(18-32(30-26)22-11-7-4-8-12-22)16-25-27(33)31(28(35)36-25)17-19-9-5-3-6-10-19/h3-16,18H,2,17H2,1H3/b25-16+. The molecule has 4 aromatic rings. The van der Waals surface area contributed by atoms with E-state index in [1.165, 1.54) is 11.8 Å². The number of para-hydroxylation sites is 1. The van der Waals surface area contributed by atoms with Gasteiger partial charge in [-0.2, -0.15) is 5.10 Å². The van der Waals surface area contributed by atoms with E-state index in [0.717, 1.165) is 22.4 Å². The molecule has 0 aliphatic carbocycles. The Labute approximate surface area is 224 Å². The van der Waals surface area contributed by atoms with E-state index in [0.29, 0.717) is 38.8 Å². The van der Waals surface area contributed by atoms with Gasteiger partial charge in [0.2, 0.25) is 0 Å². The van der Waals surface area contributed by atoms with Crippen LogP contribution in [-0.4, -0.2) is 31.5 Å². The summed E-state index contributed by atoms with van der Waals surface area (Å²) in [5.41, 5.74) is 4.25. The lowest BCUT2D eigenvalue weighted by atomic mass is 10.1. The SMILES string of the molecule is CCOc1ccc(-c2nn(-c3ccccc3)cc2/C=C2/SC(=S)N(Cc3ccccc3)C2=O)cc1Cl. The van der Waals surface area contributed by atoms with Crippen molar-refractivity contribution in [3.63, 3.8) is 0 Å². The third-order valence-electron chi connectivity index (χ3n) is 5.61. The molecule has 5 nitrogen and oxygen atoms in total. The van der Waals surface area contributed by atoms with Gasteiger partial charge in [-0.1, -0.05) is 84.1 Å². The highest BCUT2D eigenvalue weighted by Gasteiger charge is 2.32. The highest BCUT2D eigenvalue weighted by atomic mass is 35.5. The van der Waals surface area contributed by atoms with Gasteiger partial charge in [0.15, 0.2) is 0 Å². The van der Waals surface area contributed by atoms with Crippen LogP contribution in [0.5, 0.6) is 5.75 Å². The van der Waals surface area contributed by atoms with Gasteiger partial charge in [-0.05, 0) is 48.9 Å². The monoisotopic (exact) mass is 531 g/mol. The van der Waals surface area contributed by atoms with Crippen LogP contribution in [0.3, 0.4) is 0 Å². The number of amides is 1. The van der Waals surface area contributed by atoms with Gasteiger partial charge in [0.05, 0.1) is 28.8 Å². The first kappa shape index (κ1) is 24.3. The quantitative estimate of drug-likeness (QED) is 0.190. The molecule has 0 radical (unpaired) electrons. The number of rotatable bonds is 7. The van der Waals surface area contributed by atoms with Crippen LogP contribution in [0, 0.1) is 0 Å². The Bertz CT molecular complexity index is 1450. The number of hydrogen-bond acceptors (Lipinski definition) is 5. The molecule has 180 valence electrons. The molecule has 0 bridgehead atoms. The molecule has 1 fully saturated rings. The summed E-state index contributed by atoms with van der Waals surface area (Å²) in [6.07, 6.45) is 3.77. The Morgan fingerprint density at radius 2 is 1.78 bits per heavy atom. The minimum Gasteiger partial charge on any atom is -0.492 e. The van der Waals surface area contributed by atoms with E-state index in [2.05, 4.69) is 0 Å². The highest BCUT2D eigenvalue weighted by molar-refractivity contribution is 8.26. The fraction of sp³-hybridized carbons (Fsp3) is 0.107. The molecule has 5 rings (SSSR count). The summed E-state index contributed by atoms with van der Waals surface area (Å²) in [4.78, 5) is 15.5. The Hall–Kier alpha value is -3.39. The van der Waals surface area contributed by atoms with Crippen LogP contribution < -0.4 is 4.74 Å². The van der Waals surface area contributed by atoms with Crippen molar-refractivity contribution in [3.8, 4) is 22.7 Å². The van der Waals surface area contributed by atoms with Crippen LogP contribution in [0.25, 0.3) is 23.0 Å². The maximum absolute atomic E-state index is 13.3. The summed E-state index contributed by atoms with van der Waals surface area (Å²) < 4.78 is 7.93. The van der Waals surface area contributed by atoms with E-state index in [1.807, 2.05) is 98.1 Å². The summed E-state index contributed by atoms with van der Waals surface area (Å²) in [6.45, 7) is 2.88. The zero-order valence-corrected chi connectivity index (χ0v) is 21.8. The second kappa shape index (κ2) is 10.7. The molecule has 1 aliphatic rings. The average molecular weight is 532 g/mol. The predicted molar refractivity (Wildman–Crippen MR) is 150 cm³/mol. The minimum atomic E-state index is -0.114. The van der Waals surface area contributed by atoms with E-state index < -0.39 is 0 Å². The van der Waals surface area contributed by atoms with Crippen LogP contribution in [-0.2, 0) is 11.3 Å². The van der Waals surface area contributed by atoms with Gasteiger partial charge in [-0.3, -0.25) is 9.69 Å². The van der Waals surface area contributed by atoms with E-state index >= 15 is 0 Å². The number of aromatic nitrogens is 2. The Morgan fingerprint density at radius 1 is 1.06 bits per heavy atom. The van der Waals surface area contributed by atoms with Crippen LogP contribution in [0.15, 0.2) is 90.0 Å². The summed E-state index contributed by atoms with van der Waals surface area (Å²) >= 11 is 13.3. The van der Waals surface area contributed by atoms with E-state index in [9.17, 15) is 4.79 Å². The number of benzene rings is 3. The number of ether oxygens (including phenoxy) is 1. The fourth-order valence-corrected chi connectivity index (χ4v) is 5.38. The van der Waals surface area contributed by atoms with Crippen molar-refractivity contribution in [2.24, 2.45) is 0 Å². The van der Waals surface area contributed by atoms with Gasteiger partial charge < -0.3 is 4.74 Å². The van der Waals surface area contributed by atoms with Gasteiger partial charge in [-0.15, -0.1) is 0 Å². The molecule has 0 unspecified atom stereocenters. The summed E-state index contributed by atoms with van der Waals surface area (Å²) in [5, 5.41) is 5.35. The number of hydrogen-bond donors (Lipinski definition) is 0. The number of carbonyl (C=O) groups excluding carboxylic acids is 1. The molecule has 0 spiro atoms. The molecule has 0 atom stereocenters. The van der Waals surface area contributed by atoms with Crippen molar-refractivity contribution in [3.05, 3.63) is 106 Å². The first-order valence-corrected chi connectivity index (χ1v) is 13.0. The number of thioether (sulfide) groups is 1. The molecule has 1 amide bonds. The number of nitrogens with zero attached hydrogens (tertiary/aromatic N) is 3. The lowest BCUT2D eigenvalue weighted by Gasteiger charge is -2.14. The molecule has 36 heavy (non-hydrogen) atoms. The number of halogens is 1. The van der Waals surface area contributed by atoms with Gasteiger partial charge in [0.1, 0.15) is 15.8 Å². The maximum Gasteiger partial charge on any atom is 0.266 e. The molecule has 3 aromatic carbocycles. The minimum absolute atomic E-state index is 0.114. The summed E-state index contributed by atoms with van der Waals surface area (Å²) in [6, 6.07) is 25.3.